The molecular weight excluding hydrogens is 349 g/mol. The molecule has 5 nitrogen and oxygen atoms in total. The van der Waals surface area contributed by atoms with E-state index >= 15 is 0 Å². The largest absolute Gasteiger partial charge is 0.389 e. The molecule has 3 aromatic rings. The number of carbonyl (C=O) groups excluding carboxylic acids is 1. The third-order valence-corrected chi connectivity index (χ3v) is 4.78. The van der Waals surface area contributed by atoms with Crippen LogP contribution in [0.15, 0.2) is 36.1 Å². The van der Waals surface area contributed by atoms with Gasteiger partial charge in [-0.05, 0) is 37.6 Å². The van der Waals surface area contributed by atoms with Gasteiger partial charge in [-0.1, -0.05) is 0 Å². The van der Waals surface area contributed by atoms with E-state index in [1.54, 1.807) is 43.9 Å². The molecular formula is C16H16FN3O2S2. The van der Waals surface area contributed by atoms with E-state index in [0.29, 0.717) is 16.5 Å². The Bertz CT molecular complexity index is 869. The summed E-state index contributed by atoms with van der Waals surface area (Å²) >= 11 is 1.53. The maximum atomic E-state index is 13.1. The minimum atomic E-state index is -1.01. The number of benzene rings is 1. The highest BCUT2D eigenvalue weighted by Crippen LogP contribution is 2.32. The summed E-state index contributed by atoms with van der Waals surface area (Å²) in [6.45, 7) is 3.36. The zero-order valence-electron chi connectivity index (χ0n) is 13.1. The molecule has 2 aromatic heterocycles. The second-order valence-electron chi connectivity index (χ2n) is 6.03. The number of amides is 1. The molecule has 1 amide bonds. The molecule has 24 heavy (non-hydrogen) atoms. The molecule has 0 spiro atoms. The lowest BCUT2D eigenvalue weighted by Crippen LogP contribution is -2.38. The molecule has 1 aromatic carbocycles. The first kappa shape index (κ1) is 16.9. The summed E-state index contributed by atoms with van der Waals surface area (Å²) in [6.07, 6.45) is 3.29. The Labute approximate surface area is 146 Å². The number of nitrogens with zero attached hydrogens (tertiary/aromatic N) is 2. The van der Waals surface area contributed by atoms with Crippen molar-refractivity contribution in [2.45, 2.75) is 19.4 Å². The highest BCUT2D eigenvalue weighted by atomic mass is 32.2. The van der Waals surface area contributed by atoms with Crippen LogP contribution in [0.25, 0.3) is 21.3 Å². The lowest BCUT2D eigenvalue weighted by Gasteiger charge is -2.18. The number of thiazole rings is 1. The molecule has 0 fully saturated rings. The first-order valence-corrected chi connectivity index (χ1v) is 8.78. The molecule has 0 saturated carbocycles. The van der Waals surface area contributed by atoms with Crippen LogP contribution in [0, 0.1) is 0 Å². The molecule has 0 bridgehead atoms. The monoisotopic (exact) mass is 365 g/mol. The molecule has 2 N–H and O–H groups in total. The number of carbonyl (C=O) groups is 1. The number of aliphatic hydroxyl groups is 1. The zero-order valence-corrected chi connectivity index (χ0v) is 14.7. The Morgan fingerprint density at radius 1 is 1.50 bits per heavy atom. The summed E-state index contributed by atoms with van der Waals surface area (Å²) in [5.41, 5.74) is 2.54. The fourth-order valence-electron chi connectivity index (χ4n) is 2.36. The van der Waals surface area contributed by atoms with Crippen LogP contribution in [-0.4, -0.2) is 32.1 Å². The van der Waals surface area contributed by atoms with Gasteiger partial charge in [-0.3, -0.25) is 13.8 Å². The van der Waals surface area contributed by atoms with Crippen LogP contribution in [-0.2, 0) is 0 Å². The van der Waals surface area contributed by atoms with Gasteiger partial charge in [0, 0.05) is 29.9 Å². The summed E-state index contributed by atoms with van der Waals surface area (Å²) in [4.78, 5) is 17.5. The van der Waals surface area contributed by atoms with Gasteiger partial charge in [0.1, 0.15) is 0 Å². The molecule has 2 heterocycles. The van der Waals surface area contributed by atoms with E-state index in [0.717, 1.165) is 10.4 Å². The Balaban J connectivity index is 2.08. The van der Waals surface area contributed by atoms with Crippen molar-refractivity contribution >= 4 is 40.5 Å². The number of hydrogen-bond donors (Lipinski definition) is 2. The first-order valence-electron chi connectivity index (χ1n) is 7.23. The lowest BCUT2D eigenvalue weighted by molar-refractivity contribution is 0.0695. The Hall–Kier alpha value is -1.90. The predicted molar refractivity (Wildman–Crippen MR) is 95.8 cm³/mol. The highest BCUT2D eigenvalue weighted by Gasteiger charge is 2.19. The fourth-order valence-corrected chi connectivity index (χ4v) is 3.30. The van der Waals surface area contributed by atoms with Crippen LogP contribution >= 0.6 is 23.7 Å². The Morgan fingerprint density at radius 2 is 2.29 bits per heavy atom. The highest BCUT2D eigenvalue weighted by molar-refractivity contribution is 7.92. The molecule has 0 aliphatic carbocycles. The predicted octanol–water partition coefficient (Wildman–Crippen LogP) is 3.65. The average molecular weight is 365 g/mol. The molecule has 8 heteroatoms. The Kier molecular flexibility index (Phi) is 4.62. The van der Waals surface area contributed by atoms with Crippen molar-refractivity contribution in [2.24, 2.45) is 0 Å². The van der Waals surface area contributed by atoms with Gasteiger partial charge < -0.3 is 10.4 Å². The molecule has 0 aliphatic rings. The van der Waals surface area contributed by atoms with Crippen molar-refractivity contribution in [3.8, 4) is 10.4 Å². The van der Waals surface area contributed by atoms with E-state index in [-0.39, 0.29) is 24.8 Å². The van der Waals surface area contributed by atoms with Crippen molar-refractivity contribution in [1.29, 1.82) is 0 Å². The first-order chi connectivity index (χ1) is 11.4. The number of hydrogen-bond acceptors (Lipinski definition) is 5. The fraction of sp³-hybridized carbons (Fsp3) is 0.250. The third kappa shape index (κ3) is 3.45. The van der Waals surface area contributed by atoms with Crippen molar-refractivity contribution in [1.82, 2.24) is 14.3 Å². The maximum Gasteiger partial charge on any atom is 0.252 e. The zero-order chi connectivity index (χ0) is 17.3. The van der Waals surface area contributed by atoms with Crippen LogP contribution < -0.4 is 5.32 Å². The van der Waals surface area contributed by atoms with Crippen LogP contribution in [0.4, 0.5) is 3.89 Å². The van der Waals surface area contributed by atoms with E-state index in [1.165, 1.54) is 15.3 Å². The molecule has 126 valence electrons. The summed E-state index contributed by atoms with van der Waals surface area (Å²) in [5.74, 6) is -0.310. The van der Waals surface area contributed by atoms with Gasteiger partial charge in [0.2, 0.25) is 0 Å². The van der Waals surface area contributed by atoms with E-state index in [1.807, 2.05) is 6.07 Å². The number of halogens is 1. The molecule has 0 unspecified atom stereocenters. The van der Waals surface area contributed by atoms with Gasteiger partial charge >= 0.3 is 0 Å². The van der Waals surface area contributed by atoms with Crippen molar-refractivity contribution in [3.05, 3.63) is 41.7 Å². The van der Waals surface area contributed by atoms with Gasteiger partial charge in [-0.25, -0.2) is 0 Å². The van der Waals surface area contributed by atoms with Crippen molar-refractivity contribution in [2.75, 3.05) is 6.54 Å². The second kappa shape index (κ2) is 6.54. The van der Waals surface area contributed by atoms with Gasteiger partial charge in [-0.2, -0.15) is 0 Å². The molecule has 0 atom stereocenters. The smallest absolute Gasteiger partial charge is 0.252 e. The number of nitrogens with one attached hydrogen (secondary N) is 1. The normalized spacial score (nSPS) is 11.8. The van der Waals surface area contributed by atoms with Crippen molar-refractivity contribution in [3.63, 3.8) is 0 Å². The third-order valence-electron chi connectivity index (χ3n) is 3.49. The topological polar surface area (TPSA) is 67.2 Å². The van der Waals surface area contributed by atoms with E-state index in [2.05, 4.69) is 10.3 Å². The van der Waals surface area contributed by atoms with E-state index < -0.39 is 5.60 Å². The van der Waals surface area contributed by atoms with Crippen LogP contribution in [0.1, 0.15) is 24.2 Å². The van der Waals surface area contributed by atoms with Gasteiger partial charge in [0.05, 0.1) is 21.5 Å². The van der Waals surface area contributed by atoms with E-state index in [9.17, 15) is 13.8 Å². The van der Waals surface area contributed by atoms with Crippen LogP contribution in [0.5, 0.6) is 0 Å². The second-order valence-corrected chi connectivity index (χ2v) is 7.45. The van der Waals surface area contributed by atoms with Gasteiger partial charge in [0.25, 0.3) is 5.91 Å². The summed E-state index contributed by atoms with van der Waals surface area (Å²) < 4.78 is 14.5. The minimum absolute atomic E-state index is 0.0817. The quantitative estimate of drug-likeness (QED) is 0.724. The van der Waals surface area contributed by atoms with E-state index in [4.69, 9.17) is 0 Å². The maximum absolute atomic E-state index is 13.1. The number of aromatic nitrogens is 2. The lowest BCUT2D eigenvalue weighted by atomic mass is 10.0. The Morgan fingerprint density at radius 3 is 2.92 bits per heavy atom. The summed E-state index contributed by atoms with van der Waals surface area (Å²) in [6, 6.07) is 5.31. The number of rotatable bonds is 5. The van der Waals surface area contributed by atoms with Gasteiger partial charge in [0.15, 0.2) is 12.3 Å². The average Bonchev–Trinajstić information content (AvgIpc) is 3.19. The van der Waals surface area contributed by atoms with Crippen LogP contribution in [0.3, 0.4) is 0 Å². The van der Waals surface area contributed by atoms with Crippen LogP contribution in [0.2, 0.25) is 0 Å². The summed E-state index contributed by atoms with van der Waals surface area (Å²) in [7, 11) is 0. The molecule has 0 radical (unpaired) electrons. The summed E-state index contributed by atoms with van der Waals surface area (Å²) in [5, 5.41) is 13.2. The number of fused-ring (bicyclic) bond motifs is 1. The SMILES string of the molecule is CC(C)(O)CNC(=O)c1cc(-c2cncs2)cc2c1ccn2SF. The standard InChI is InChI=1S/C16H16FN3O2S2/c1-16(2,22)8-19-15(21)12-5-10(14-7-18-9-23-14)6-13-11(12)3-4-20(13)24-17/h3-7,9,22H,8H2,1-2H3,(H,19,21). The molecule has 0 aliphatic heterocycles. The van der Waals surface area contributed by atoms with Gasteiger partial charge in [-0.15, -0.1) is 15.2 Å². The van der Waals surface area contributed by atoms with Crippen molar-refractivity contribution < 1.29 is 13.8 Å². The minimum Gasteiger partial charge on any atom is -0.389 e. The molecule has 0 saturated heterocycles. The molecule has 3 rings (SSSR count).